The van der Waals surface area contributed by atoms with Crippen LogP contribution in [-0.4, -0.2) is 32.7 Å². The maximum absolute atomic E-state index is 12.3. The van der Waals surface area contributed by atoms with Crippen molar-refractivity contribution in [2.45, 2.75) is 6.54 Å². The molecule has 1 fully saturated rings. The number of halogens is 1. The van der Waals surface area contributed by atoms with Crippen LogP contribution in [-0.2, 0) is 11.3 Å². The molecule has 2 heterocycles. The smallest absolute Gasteiger partial charge is 0.289 e. The van der Waals surface area contributed by atoms with Gasteiger partial charge in [0.15, 0.2) is 0 Å². The Hall–Kier alpha value is -2.38. The highest BCUT2D eigenvalue weighted by Crippen LogP contribution is 2.21. The van der Waals surface area contributed by atoms with Gasteiger partial charge in [0.1, 0.15) is 5.82 Å². The van der Waals surface area contributed by atoms with Gasteiger partial charge in [0.25, 0.3) is 11.1 Å². The lowest BCUT2D eigenvalue weighted by molar-refractivity contribution is -0.125. The Morgan fingerprint density at radius 2 is 2.12 bits per heavy atom. The average molecular weight is 362 g/mol. The molecule has 1 saturated heterocycles. The number of anilines is 1. The predicted octanol–water partition coefficient (Wildman–Crippen LogP) is 3.18. The molecule has 122 valence electrons. The quantitative estimate of drug-likeness (QED) is 0.904. The van der Waals surface area contributed by atoms with Crippen LogP contribution in [0.5, 0.6) is 0 Å². The molecular formula is C16H12ClN3O3S. The van der Waals surface area contributed by atoms with Crippen molar-refractivity contribution in [3.63, 3.8) is 0 Å². The number of aromatic nitrogens is 1. The first-order chi connectivity index (χ1) is 11.5. The third-order valence-electron chi connectivity index (χ3n) is 3.34. The monoisotopic (exact) mass is 361 g/mol. The second kappa shape index (κ2) is 7.02. The van der Waals surface area contributed by atoms with Crippen molar-refractivity contribution < 1.29 is 14.4 Å². The van der Waals surface area contributed by atoms with Crippen molar-refractivity contribution in [2.24, 2.45) is 0 Å². The van der Waals surface area contributed by atoms with E-state index in [1.165, 1.54) is 11.1 Å². The van der Waals surface area contributed by atoms with Crippen LogP contribution in [0, 0.1) is 0 Å². The van der Waals surface area contributed by atoms with Crippen LogP contribution in [0.15, 0.2) is 42.6 Å². The molecule has 1 aromatic carbocycles. The van der Waals surface area contributed by atoms with Crippen molar-refractivity contribution >= 4 is 46.2 Å². The number of carbonyl (C=O) groups excluding carboxylic acids is 3. The van der Waals surface area contributed by atoms with Crippen molar-refractivity contribution in [1.82, 2.24) is 9.88 Å². The summed E-state index contributed by atoms with van der Waals surface area (Å²) in [7, 11) is 0. The SMILES string of the molecule is O=C(Nc1ccc(Cl)cn1)c1cccc(CN2C(=O)CSC2=O)c1. The summed E-state index contributed by atoms with van der Waals surface area (Å²) in [5.74, 6) is 0.00257. The highest BCUT2D eigenvalue weighted by Gasteiger charge is 2.29. The van der Waals surface area contributed by atoms with E-state index in [9.17, 15) is 14.4 Å². The van der Waals surface area contributed by atoms with E-state index < -0.39 is 0 Å². The van der Waals surface area contributed by atoms with E-state index in [-0.39, 0.29) is 29.4 Å². The summed E-state index contributed by atoms with van der Waals surface area (Å²) < 4.78 is 0. The number of thioether (sulfide) groups is 1. The molecule has 0 bridgehead atoms. The minimum atomic E-state index is -0.333. The number of benzene rings is 1. The Morgan fingerprint density at radius 3 is 2.79 bits per heavy atom. The lowest BCUT2D eigenvalue weighted by atomic mass is 10.1. The minimum absolute atomic E-state index is 0.158. The predicted molar refractivity (Wildman–Crippen MR) is 92.0 cm³/mol. The third-order valence-corrected chi connectivity index (χ3v) is 4.42. The van der Waals surface area contributed by atoms with Crippen LogP contribution in [0.4, 0.5) is 10.6 Å². The second-order valence-corrected chi connectivity index (χ2v) is 6.41. The number of hydrogen-bond donors (Lipinski definition) is 1. The van der Waals surface area contributed by atoms with Crippen molar-refractivity contribution in [3.8, 4) is 0 Å². The molecule has 0 aliphatic carbocycles. The molecule has 0 unspecified atom stereocenters. The minimum Gasteiger partial charge on any atom is -0.307 e. The van der Waals surface area contributed by atoms with Gasteiger partial charge in [0.2, 0.25) is 5.91 Å². The maximum Gasteiger partial charge on any atom is 0.289 e. The summed E-state index contributed by atoms with van der Waals surface area (Å²) in [6, 6.07) is 10.00. The molecule has 1 aromatic heterocycles. The summed E-state index contributed by atoms with van der Waals surface area (Å²) in [5.41, 5.74) is 1.12. The lowest BCUT2D eigenvalue weighted by Crippen LogP contribution is -2.28. The average Bonchev–Trinajstić information content (AvgIpc) is 2.89. The zero-order chi connectivity index (χ0) is 17.1. The van der Waals surface area contributed by atoms with E-state index in [1.807, 2.05) is 0 Å². The molecule has 1 N–H and O–H groups in total. The first-order valence-electron chi connectivity index (χ1n) is 7.02. The fourth-order valence-corrected chi connectivity index (χ4v) is 3.00. The Bertz CT molecular complexity index is 794. The van der Waals surface area contributed by atoms with Gasteiger partial charge in [-0.2, -0.15) is 0 Å². The molecule has 3 rings (SSSR count). The van der Waals surface area contributed by atoms with Crippen LogP contribution < -0.4 is 5.32 Å². The van der Waals surface area contributed by atoms with E-state index in [4.69, 9.17) is 11.6 Å². The lowest BCUT2D eigenvalue weighted by Gasteiger charge is -2.13. The first kappa shape index (κ1) is 16.5. The number of carbonyl (C=O) groups is 3. The molecule has 1 aliphatic heterocycles. The largest absolute Gasteiger partial charge is 0.307 e. The molecule has 24 heavy (non-hydrogen) atoms. The Kier molecular flexibility index (Phi) is 4.82. The molecule has 6 nitrogen and oxygen atoms in total. The number of nitrogens with zero attached hydrogens (tertiary/aromatic N) is 2. The topological polar surface area (TPSA) is 79.4 Å². The van der Waals surface area contributed by atoms with Crippen molar-refractivity contribution in [3.05, 3.63) is 58.7 Å². The highest BCUT2D eigenvalue weighted by atomic mass is 35.5. The van der Waals surface area contributed by atoms with Gasteiger partial charge >= 0.3 is 0 Å². The number of imide groups is 1. The van der Waals surface area contributed by atoms with Gasteiger partial charge in [-0.3, -0.25) is 19.3 Å². The molecule has 8 heteroatoms. The number of amides is 3. The Morgan fingerprint density at radius 1 is 1.29 bits per heavy atom. The molecule has 0 spiro atoms. The third kappa shape index (κ3) is 3.74. The van der Waals surface area contributed by atoms with Crippen molar-refractivity contribution in [1.29, 1.82) is 0 Å². The van der Waals surface area contributed by atoms with Crippen LogP contribution in [0.3, 0.4) is 0 Å². The summed E-state index contributed by atoms with van der Waals surface area (Å²) in [6.07, 6.45) is 1.44. The summed E-state index contributed by atoms with van der Waals surface area (Å²) in [4.78, 5) is 40.8. The summed E-state index contributed by atoms with van der Waals surface area (Å²) in [5, 5.41) is 2.88. The summed E-state index contributed by atoms with van der Waals surface area (Å²) >= 11 is 6.74. The maximum atomic E-state index is 12.3. The van der Waals surface area contributed by atoms with Crippen LogP contribution in [0.2, 0.25) is 5.02 Å². The molecule has 0 radical (unpaired) electrons. The molecule has 1 aliphatic rings. The fraction of sp³-hybridized carbons (Fsp3) is 0.125. The molecule has 3 amide bonds. The van der Waals surface area contributed by atoms with E-state index >= 15 is 0 Å². The second-order valence-electron chi connectivity index (χ2n) is 5.05. The molecule has 0 atom stereocenters. The fourth-order valence-electron chi connectivity index (χ4n) is 2.17. The molecule has 0 saturated carbocycles. The Balaban J connectivity index is 1.72. The van der Waals surface area contributed by atoms with E-state index in [0.717, 1.165) is 11.8 Å². The highest BCUT2D eigenvalue weighted by molar-refractivity contribution is 8.14. The number of nitrogens with one attached hydrogen (secondary N) is 1. The van der Waals surface area contributed by atoms with Gasteiger partial charge in [-0.25, -0.2) is 4.98 Å². The van der Waals surface area contributed by atoms with Gasteiger partial charge in [-0.15, -0.1) is 0 Å². The number of rotatable bonds is 4. The summed E-state index contributed by atoms with van der Waals surface area (Å²) in [6.45, 7) is 0.158. The number of pyridine rings is 1. The van der Waals surface area contributed by atoms with E-state index in [0.29, 0.717) is 22.0 Å². The van der Waals surface area contributed by atoms with Crippen molar-refractivity contribution in [2.75, 3.05) is 11.1 Å². The van der Waals surface area contributed by atoms with Crippen LogP contribution in [0.1, 0.15) is 15.9 Å². The Labute approximate surface area is 147 Å². The van der Waals surface area contributed by atoms with Gasteiger partial charge in [0, 0.05) is 11.8 Å². The van der Waals surface area contributed by atoms with Crippen LogP contribution in [0.25, 0.3) is 0 Å². The normalized spacial score (nSPS) is 14.1. The van der Waals surface area contributed by atoms with Gasteiger partial charge in [-0.05, 0) is 29.8 Å². The van der Waals surface area contributed by atoms with Gasteiger partial charge in [0.05, 0.1) is 17.3 Å². The van der Waals surface area contributed by atoms with E-state index in [2.05, 4.69) is 10.3 Å². The molecular weight excluding hydrogens is 350 g/mol. The number of hydrogen-bond acceptors (Lipinski definition) is 5. The van der Waals surface area contributed by atoms with Crippen LogP contribution >= 0.6 is 23.4 Å². The molecule has 2 aromatic rings. The standard InChI is InChI=1S/C16H12ClN3O3S/c17-12-4-5-13(18-7-12)19-15(22)11-3-1-2-10(6-11)8-20-14(21)9-24-16(20)23/h1-7H,8-9H2,(H,18,19,22). The zero-order valence-electron chi connectivity index (χ0n) is 12.4. The zero-order valence-corrected chi connectivity index (χ0v) is 13.9. The van der Waals surface area contributed by atoms with Gasteiger partial charge < -0.3 is 5.32 Å². The van der Waals surface area contributed by atoms with Gasteiger partial charge in [-0.1, -0.05) is 35.5 Å². The van der Waals surface area contributed by atoms with E-state index in [1.54, 1.807) is 36.4 Å². The first-order valence-corrected chi connectivity index (χ1v) is 8.38.